The molecule has 1 aliphatic heterocycles. The van der Waals surface area contributed by atoms with Gasteiger partial charge in [-0.15, -0.1) is 13.2 Å². The molecule has 10 heteroatoms. The predicted molar refractivity (Wildman–Crippen MR) is 109 cm³/mol. The van der Waals surface area contributed by atoms with E-state index in [0.29, 0.717) is 17.7 Å². The molecule has 2 heterocycles. The third-order valence-corrected chi connectivity index (χ3v) is 4.93. The zero-order valence-electron chi connectivity index (χ0n) is 17.7. The molecule has 0 spiro atoms. The Bertz CT molecular complexity index is 920. The predicted octanol–water partition coefficient (Wildman–Crippen LogP) is 3.26. The number of pyridine rings is 1. The van der Waals surface area contributed by atoms with E-state index in [4.69, 9.17) is 4.74 Å². The number of alkyl halides is 3. The first kappa shape index (κ1) is 23.5. The third-order valence-electron chi connectivity index (χ3n) is 4.93. The monoisotopic (exact) mass is 451 g/mol. The molecule has 1 unspecified atom stereocenters. The van der Waals surface area contributed by atoms with Crippen LogP contribution in [0.2, 0.25) is 0 Å². The quantitative estimate of drug-likeness (QED) is 0.674. The Morgan fingerprint density at radius 2 is 1.91 bits per heavy atom. The van der Waals surface area contributed by atoms with Crippen molar-refractivity contribution in [2.45, 2.75) is 39.0 Å². The van der Waals surface area contributed by atoms with Gasteiger partial charge in [0.1, 0.15) is 12.3 Å². The molecule has 0 bridgehead atoms. The average Bonchev–Trinajstić information content (AvgIpc) is 2.91. The van der Waals surface area contributed by atoms with Crippen LogP contribution in [0.25, 0.3) is 0 Å². The van der Waals surface area contributed by atoms with Gasteiger partial charge in [-0.05, 0) is 43.7 Å². The van der Waals surface area contributed by atoms with E-state index >= 15 is 0 Å². The maximum absolute atomic E-state index is 12.9. The smallest absolute Gasteiger partial charge is 0.406 e. The summed E-state index contributed by atoms with van der Waals surface area (Å²) in [6, 6.07) is 8.56. The van der Waals surface area contributed by atoms with Crippen LogP contribution in [0.4, 0.5) is 13.2 Å². The standard InChI is InChI=1S/C22H24F3N3O4/c1-15(2)28-12-19(31-14-16-5-7-18(8-6-16)32-22(23,24)25)11-27(13-20(28)29)21(30)17-4-3-9-26-10-17/h3-10,15,19H,11-14H2,1-2H3. The van der Waals surface area contributed by atoms with Crippen LogP contribution in [0.5, 0.6) is 5.75 Å². The van der Waals surface area contributed by atoms with Crippen molar-refractivity contribution in [1.82, 2.24) is 14.8 Å². The van der Waals surface area contributed by atoms with Crippen molar-refractivity contribution >= 4 is 11.8 Å². The maximum atomic E-state index is 12.9. The fraction of sp³-hybridized carbons (Fsp3) is 0.409. The molecule has 1 aromatic carbocycles. The van der Waals surface area contributed by atoms with Gasteiger partial charge in [-0.2, -0.15) is 0 Å². The van der Waals surface area contributed by atoms with E-state index < -0.39 is 12.5 Å². The zero-order chi connectivity index (χ0) is 23.3. The molecule has 7 nitrogen and oxygen atoms in total. The van der Waals surface area contributed by atoms with Crippen LogP contribution in [0.1, 0.15) is 29.8 Å². The van der Waals surface area contributed by atoms with Gasteiger partial charge in [-0.25, -0.2) is 0 Å². The molecule has 1 atom stereocenters. The average molecular weight is 451 g/mol. The topological polar surface area (TPSA) is 72.0 Å². The number of ether oxygens (including phenoxy) is 2. The molecule has 3 rings (SSSR count). The Hall–Kier alpha value is -3.14. The molecule has 1 aromatic heterocycles. The normalized spacial score (nSPS) is 17.4. The number of carbonyl (C=O) groups is 2. The highest BCUT2D eigenvalue weighted by atomic mass is 19.4. The van der Waals surface area contributed by atoms with Crippen LogP contribution in [-0.2, 0) is 16.1 Å². The van der Waals surface area contributed by atoms with Crippen molar-refractivity contribution < 1.29 is 32.2 Å². The highest BCUT2D eigenvalue weighted by Crippen LogP contribution is 2.23. The van der Waals surface area contributed by atoms with E-state index in [2.05, 4.69) is 9.72 Å². The second-order valence-electron chi connectivity index (χ2n) is 7.69. The van der Waals surface area contributed by atoms with Crippen LogP contribution in [0.15, 0.2) is 48.8 Å². The summed E-state index contributed by atoms with van der Waals surface area (Å²) in [5.74, 6) is -0.822. The zero-order valence-corrected chi connectivity index (χ0v) is 17.7. The molecule has 172 valence electrons. The molecule has 2 amide bonds. The highest BCUT2D eigenvalue weighted by molar-refractivity contribution is 5.96. The summed E-state index contributed by atoms with van der Waals surface area (Å²) in [5.41, 5.74) is 1.01. The number of hydrogen-bond donors (Lipinski definition) is 0. The molecule has 0 saturated carbocycles. The first-order valence-electron chi connectivity index (χ1n) is 10.1. The first-order chi connectivity index (χ1) is 15.1. The van der Waals surface area contributed by atoms with E-state index in [0.717, 1.165) is 0 Å². The lowest BCUT2D eigenvalue weighted by Crippen LogP contribution is -2.42. The molecule has 1 aliphatic rings. The lowest BCUT2D eigenvalue weighted by molar-refractivity contribution is -0.274. The minimum Gasteiger partial charge on any atom is -0.406 e. The molecule has 1 fully saturated rings. The summed E-state index contributed by atoms with van der Waals surface area (Å²) in [6.45, 7) is 4.28. The Kier molecular flexibility index (Phi) is 7.34. The minimum atomic E-state index is -4.75. The number of halogens is 3. The van der Waals surface area contributed by atoms with Crippen LogP contribution >= 0.6 is 0 Å². The van der Waals surface area contributed by atoms with Crippen molar-refractivity contribution in [1.29, 1.82) is 0 Å². The summed E-state index contributed by atoms with van der Waals surface area (Å²) in [4.78, 5) is 32.7. The van der Waals surface area contributed by atoms with E-state index in [1.54, 1.807) is 23.2 Å². The molecule has 0 radical (unpaired) electrons. The van der Waals surface area contributed by atoms with Gasteiger partial charge in [0.15, 0.2) is 0 Å². The second kappa shape index (κ2) is 9.99. The SMILES string of the molecule is CC(C)N1CC(OCc2ccc(OC(F)(F)F)cc2)CN(C(=O)c2cccnc2)CC1=O. The van der Waals surface area contributed by atoms with E-state index in [1.165, 1.54) is 35.4 Å². The Balaban J connectivity index is 1.70. The van der Waals surface area contributed by atoms with Crippen molar-refractivity contribution in [2.24, 2.45) is 0 Å². The van der Waals surface area contributed by atoms with Gasteiger partial charge in [-0.1, -0.05) is 12.1 Å². The number of hydrogen-bond acceptors (Lipinski definition) is 5. The highest BCUT2D eigenvalue weighted by Gasteiger charge is 2.33. The number of amides is 2. The molecular formula is C22H24F3N3O4. The Morgan fingerprint density at radius 1 is 1.19 bits per heavy atom. The van der Waals surface area contributed by atoms with Gasteiger partial charge < -0.3 is 19.3 Å². The van der Waals surface area contributed by atoms with Gasteiger partial charge in [0.05, 0.1) is 18.3 Å². The van der Waals surface area contributed by atoms with Gasteiger partial charge in [0.2, 0.25) is 5.91 Å². The molecule has 32 heavy (non-hydrogen) atoms. The minimum absolute atomic E-state index is 0.0742. The lowest BCUT2D eigenvalue weighted by Gasteiger charge is -2.27. The van der Waals surface area contributed by atoms with Crippen molar-refractivity contribution in [3.63, 3.8) is 0 Å². The van der Waals surface area contributed by atoms with Crippen molar-refractivity contribution in [3.05, 3.63) is 59.9 Å². The summed E-state index contributed by atoms with van der Waals surface area (Å²) in [6.07, 6.45) is -2.23. The Morgan fingerprint density at radius 3 is 2.50 bits per heavy atom. The number of carbonyl (C=O) groups excluding carboxylic acids is 2. The molecule has 2 aromatic rings. The maximum Gasteiger partial charge on any atom is 0.573 e. The lowest BCUT2D eigenvalue weighted by atomic mass is 10.2. The fourth-order valence-electron chi connectivity index (χ4n) is 3.38. The van der Waals surface area contributed by atoms with E-state index in [1.807, 2.05) is 13.8 Å². The summed E-state index contributed by atoms with van der Waals surface area (Å²) in [7, 11) is 0. The van der Waals surface area contributed by atoms with Gasteiger partial charge in [-0.3, -0.25) is 14.6 Å². The van der Waals surface area contributed by atoms with Crippen molar-refractivity contribution in [2.75, 3.05) is 19.6 Å². The first-order valence-corrected chi connectivity index (χ1v) is 10.1. The molecule has 0 aliphatic carbocycles. The van der Waals surface area contributed by atoms with Crippen LogP contribution in [-0.4, -0.2) is 64.7 Å². The van der Waals surface area contributed by atoms with Crippen LogP contribution < -0.4 is 4.74 Å². The van der Waals surface area contributed by atoms with Gasteiger partial charge in [0, 0.05) is 31.5 Å². The van der Waals surface area contributed by atoms with Gasteiger partial charge in [0.25, 0.3) is 5.91 Å². The second-order valence-corrected chi connectivity index (χ2v) is 7.69. The third kappa shape index (κ3) is 6.43. The number of aromatic nitrogens is 1. The number of benzene rings is 1. The summed E-state index contributed by atoms with van der Waals surface area (Å²) >= 11 is 0. The fourth-order valence-corrected chi connectivity index (χ4v) is 3.38. The van der Waals surface area contributed by atoms with Crippen LogP contribution in [0.3, 0.4) is 0 Å². The van der Waals surface area contributed by atoms with Crippen molar-refractivity contribution in [3.8, 4) is 5.75 Å². The van der Waals surface area contributed by atoms with E-state index in [-0.39, 0.29) is 43.3 Å². The molecule has 0 N–H and O–H groups in total. The van der Waals surface area contributed by atoms with E-state index in [9.17, 15) is 22.8 Å². The van der Waals surface area contributed by atoms with Crippen LogP contribution in [0, 0.1) is 0 Å². The van der Waals surface area contributed by atoms with Gasteiger partial charge >= 0.3 is 6.36 Å². The largest absolute Gasteiger partial charge is 0.573 e. The summed E-state index contributed by atoms with van der Waals surface area (Å²) < 4.78 is 46.8. The number of rotatable bonds is 6. The molecular weight excluding hydrogens is 427 g/mol. The summed E-state index contributed by atoms with van der Waals surface area (Å²) in [5, 5.41) is 0. The number of nitrogens with zero attached hydrogens (tertiary/aromatic N) is 3. The molecule has 1 saturated heterocycles. The Labute approximate surface area is 183 Å².